The Kier molecular flexibility index (Phi) is 5.62. The maximum absolute atomic E-state index is 12.6. The van der Waals surface area contributed by atoms with Crippen molar-refractivity contribution in [2.24, 2.45) is 5.73 Å². The molecule has 0 bridgehead atoms. The molecular formula is C15H12Cl2F3NO2. The average molecular weight is 366 g/mol. The Hall–Kier alpha value is -1.63. The predicted octanol–water partition coefficient (Wildman–Crippen LogP) is 4.90. The second-order valence-corrected chi connectivity index (χ2v) is 5.29. The third kappa shape index (κ3) is 4.92. The predicted molar refractivity (Wildman–Crippen MR) is 83.1 cm³/mol. The molecule has 124 valence electrons. The standard InChI is InChI=1S/C15H12Cl2F3NO2/c16-11-3-1-9(7-12(11)17)10-2-4-13(22-6-5-21)14(8-10)23-15(18,19)20/h1-4,7-8H,5-6,21H2. The molecule has 2 N–H and O–H groups in total. The van der Waals surface area contributed by atoms with E-state index in [0.717, 1.165) is 0 Å². The number of benzene rings is 2. The van der Waals surface area contributed by atoms with Crippen molar-refractivity contribution in [1.29, 1.82) is 0 Å². The molecule has 3 nitrogen and oxygen atoms in total. The molecule has 0 aromatic heterocycles. The van der Waals surface area contributed by atoms with Crippen molar-refractivity contribution < 1.29 is 22.6 Å². The fourth-order valence-electron chi connectivity index (χ4n) is 1.86. The van der Waals surface area contributed by atoms with Gasteiger partial charge in [-0.3, -0.25) is 0 Å². The highest BCUT2D eigenvalue weighted by Crippen LogP contribution is 2.37. The second kappa shape index (κ2) is 7.29. The monoisotopic (exact) mass is 365 g/mol. The van der Waals surface area contributed by atoms with E-state index in [1.54, 1.807) is 24.3 Å². The van der Waals surface area contributed by atoms with E-state index in [2.05, 4.69) is 4.74 Å². The number of hydrogen-bond acceptors (Lipinski definition) is 3. The van der Waals surface area contributed by atoms with E-state index in [9.17, 15) is 13.2 Å². The summed E-state index contributed by atoms with van der Waals surface area (Å²) < 4.78 is 46.9. The van der Waals surface area contributed by atoms with Gasteiger partial charge in [0.15, 0.2) is 11.5 Å². The van der Waals surface area contributed by atoms with E-state index in [-0.39, 0.29) is 18.9 Å². The van der Waals surface area contributed by atoms with Crippen LogP contribution in [0, 0.1) is 0 Å². The van der Waals surface area contributed by atoms with Crippen molar-refractivity contribution in [3.63, 3.8) is 0 Å². The van der Waals surface area contributed by atoms with Gasteiger partial charge in [0.1, 0.15) is 6.61 Å². The maximum Gasteiger partial charge on any atom is 0.573 e. The lowest BCUT2D eigenvalue weighted by Gasteiger charge is -2.15. The maximum atomic E-state index is 12.6. The molecule has 0 spiro atoms. The first-order valence-electron chi connectivity index (χ1n) is 6.48. The van der Waals surface area contributed by atoms with Crippen LogP contribution in [0.3, 0.4) is 0 Å². The molecule has 0 aliphatic rings. The smallest absolute Gasteiger partial charge is 0.488 e. The molecule has 0 saturated carbocycles. The van der Waals surface area contributed by atoms with Gasteiger partial charge in [-0.1, -0.05) is 35.3 Å². The number of alkyl halides is 3. The number of rotatable bonds is 5. The van der Waals surface area contributed by atoms with Gasteiger partial charge in [-0.25, -0.2) is 0 Å². The van der Waals surface area contributed by atoms with Gasteiger partial charge in [-0.2, -0.15) is 0 Å². The second-order valence-electron chi connectivity index (χ2n) is 4.48. The van der Waals surface area contributed by atoms with E-state index < -0.39 is 12.1 Å². The zero-order chi connectivity index (χ0) is 17.0. The molecule has 0 fully saturated rings. The molecule has 0 aliphatic heterocycles. The summed E-state index contributed by atoms with van der Waals surface area (Å²) in [5, 5.41) is 0.649. The van der Waals surface area contributed by atoms with Gasteiger partial charge in [0.25, 0.3) is 0 Å². The Morgan fingerprint density at radius 3 is 2.17 bits per heavy atom. The zero-order valence-corrected chi connectivity index (χ0v) is 13.2. The molecule has 8 heteroatoms. The quantitative estimate of drug-likeness (QED) is 0.819. The summed E-state index contributed by atoms with van der Waals surface area (Å²) in [5.41, 5.74) is 6.36. The van der Waals surface area contributed by atoms with Gasteiger partial charge in [-0.05, 0) is 35.4 Å². The molecule has 0 amide bonds. The molecule has 0 saturated heterocycles. The Balaban J connectivity index is 2.41. The van der Waals surface area contributed by atoms with Crippen LogP contribution in [0.4, 0.5) is 13.2 Å². The van der Waals surface area contributed by atoms with Gasteiger partial charge in [-0.15, -0.1) is 13.2 Å². The van der Waals surface area contributed by atoms with Crippen LogP contribution in [0.1, 0.15) is 0 Å². The highest BCUT2D eigenvalue weighted by atomic mass is 35.5. The van der Waals surface area contributed by atoms with Crippen molar-refractivity contribution in [2.75, 3.05) is 13.2 Å². The zero-order valence-electron chi connectivity index (χ0n) is 11.7. The molecule has 0 unspecified atom stereocenters. The van der Waals surface area contributed by atoms with Crippen LogP contribution in [0.25, 0.3) is 11.1 Å². The third-order valence-electron chi connectivity index (χ3n) is 2.80. The fourth-order valence-corrected chi connectivity index (χ4v) is 2.15. The summed E-state index contributed by atoms with van der Waals surface area (Å²) in [7, 11) is 0. The topological polar surface area (TPSA) is 44.5 Å². The van der Waals surface area contributed by atoms with E-state index in [1.807, 2.05) is 0 Å². The van der Waals surface area contributed by atoms with Gasteiger partial charge in [0, 0.05) is 6.54 Å². The minimum atomic E-state index is -4.84. The molecular weight excluding hydrogens is 354 g/mol. The summed E-state index contributed by atoms with van der Waals surface area (Å²) in [5.74, 6) is -0.494. The minimum Gasteiger partial charge on any atom is -0.488 e. The third-order valence-corrected chi connectivity index (χ3v) is 3.54. The van der Waals surface area contributed by atoms with Crippen LogP contribution in [0.2, 0.25) is 10.0 Å². The van der Waals surface area contributed by atoms with E-state index in [4.69, 9.17) is 33.7 Å². The van der Waals surface area contributed by atoms with Crippen LogP contribution in [-0.4, -0.2) is 19.5 Å². The van der Waals surface area contributed by atoms with Crippen molar-refractivity contribution in [1.82, 2.24) is 0 Å². The highest BCUT2D eigenvalue weighted by molar-refractivity contribution is 6.42. The number of ether oxygens (including phenoxy) is 2. The van der Waals surface area contributed by atoms with Gasteiger partial charge >= 0.3 is 6.36 Å². The summed E-state index contributed by atoms with van der Waals surface area (Å²) in [6, 6.07) is 8.95. The summed E-state index contributed by atoms with van der Waals surface area (Å²) in [6.07, 6.45) is -4.84. The van der Waals surface area contributed by atoms with Crippen molar-refractivity contribution in [3.05, 3.63) is 46.4 Å². The van der Waals surface area contributed by atoms with Crippen LogP contribution in [0.5, 0.6) is 11.5 Å². The lowest BCUT2D eigenvalue weighted by molar-refractivity contribution is -0.275. The lowest BCUT2D eigenvalue weighted by Crippen LogP contribution is -2.18. The van der Waals surface area contributed by atoms with Gasteiger partial charge in [0.05, 0.1) is 10.0 Å². The number of nitrogens with two attached hydrogens (primary N) is 1. The summed E-state index contributed by atoms with van der Waals surface area (Å²) >= 11 is 11.8. The fraction of sp³-hybridized carbons (Fsp3) is 0.200. The van der Waals surface area contributed by atoms with Crippen molar-refractivity contribution in [3.8, 4) is 22.6 Å². The first-order valence-corrected chi connectivity index (χ1v) is 7.24. The minimum absolute atomic E-state index is 0.0448. The van der Waals surface area contributed by atoms with Crippen LogP contribution in [-0.2, 0) is 0 Å². The normalized spacial score (nSPS) is 11.4. The highest BCUT2D eigenvalue weighted by Gasteiger charge is 2.32. The molecule has 0 radical (unpaired) electrons. The number of hydrogen-bond donors (Lipinski definition) is 1. The van der Waals surface area contributed by atoms with E-state index in [0.29, 0.717) is 21.2 Å². The Morgan fingerprint density at radius 1 is 0.913 bits per heavy atom. The first kappa shape index (κ1) is 17.7. The van der Waals surface area contributed by atoms with E-state index >= 15 is 0 Å². The van der Waals surface area contributed by atoms with Crippen LogP contribution < -0.4 is 15.2 Å². The Labute approximate surface area is 140 Å². The van der Waals surface area contributed by atoms with Gasteiger partial charge < -0.3 is 15.2 Å². The number of halogens is 5. The summed E-state index contributed by atoms with van der Waals surface area (Å²) in [6.45, 7) is 0.236. The molecule has 2 aromatic rings. The average Bonchev–Trinajstić information content (AvgIpc) is 2.47. The van der Waals surface area contributed by atoms with Gasteiger partial charge in [0.2, 0.25) is 0 Å². The summed E-state index contributed by atoms with van der Waals surface area (Å²) in [4.78, 5) is 0. The SMILES string of the molecule is NCCOc1ccc(-c2ccc(Cl)c(Cl)c2)cc1OC(F)(F)F. The molecule has 0 aliphatic carbocycles. The van der Waals surface area contributed by atoms with Crippen LogP contribution >= 0.6 is 23.2 Å². The molecule has 0 heterocycles. The molecule has 23 heavy (non-hydrogen) atoms. The largest absolute Gasteiger partial charge is 0.573 e. The lowest BCUT2D eigenvalue weighted by atomic mass is 10.1. The first-order chi connectivity index (χ1) is 10.8. The molecule has 2 aromatic carbocycles. The van der Waals surface area contributed by atoms with Crippen molar-refractivity contribution >= 4 is 23.2 Å². The van der Waals surface area contributed by atoms with E-state index in [1.165, 1.54) is 12.1 Å². The van der Waals surface area contributed by atoms with Crippen LogP contribution in [0.15, 0.2) is 36.4 Å². The molecule has 2 rings (SSSR count). The Bertz CT molecular complexity index is 693. The van der Waals surface area contributed by atoms with Crippen molar-refractivity contribution in [2.45, 2.75) is 6.36 Å². The molecule has 0 atom stereocenters. The Morgan fingerprint density at radius 2 is 1.57 bits per heavy atom.